The molecule has 0 bridgehead atoms. The smallest absolute Gasteiger partial charge is 0.153 e. The van der Waals surface area contributed by atoms with Crippen molar-refractivity contribution in [2.45, 2.75) is 145 Å². The average molecular weight is 587 g/mol. The van der Waals surface area contributed by atoms with Gasteiger partial charge >= 0.3 is 0 Å². The summed E-state index contributed by atoms with van der Waals surface area (Å²) in [5.74, 6) is 1.02. The molecule has 0 saturated heterocycles. The fourth-order valence-corrected chi connectivity index (χ4v) is 4.88. The zero-order valence-corrected chi connectivity index (χ0v) is 28.6. The van der Waals surface area contributed by atoms with Crippen LogP contribution in [0.1, 0.15) is 142 Å². The van der Waals surface area contributed by atoms with Crippen molar-refractivity contribution < 1.29 is 19.4 Å². The van der Waals surface area contributed by atoms with Crippen molar-refractivity contribution in [2.75, 3.05) is 0 Å². The highest BCUT2D eigenvalue weighted by molar-refractivity contribution is 5.53. The van der Waals surface area contributed by atoms with E-state index in [1.807, 2.05) is 26.0 Å². The van der Waals surface area contributed by atoms with Crippen LogP contribution >= 0.6 is 0 Å². The lowest BCUT2D eigenvalue weighted by molar-refractivity contribution is -0.328. The Balaban J connectivity index is 2.69. The van der Waals surface area contributed by atoms with E-state index >= 15 is 0 Å². The molecule has 2 aromatic rings. The quantitative estimate of drug-likeness (QED) is 0.254. The summed E-state index contributed by atoms with van der Waals surface area (Å²) in [7, 11) is 0. The molecule has 0 heterocycles. The van der Waals surface area contributed by atoms with Crippen molar-refractivity contribution in [1.29, 1.82) is 0 Å². The van der Waals surface area contributed by atoms with Crippen molar-refractivity contribution >= 4 is 0 Å². The highest BCUT2D eigenvalue weighted by Gasteiger charge is 2.29. The maximum absolute atomic E-state index is 12.5. The summed E-state index contributed by atoms with van der Waals surface area (Å²) in [5, 5.41) is 25.5. The number of nitrogens with zero attached hydrogens (tertiary/aromatic N) is 2. The lowest BCUT2D eigenvalue weighted by Crippen LogP contribution is -2.33. The van der Waals surface area contributed by atoms with E-state index in [9.17, 15) is 10.4 Å². The first-order valence-electron chi connectivity index (χ1n) is 14.9. The third-order valence-corrected chi connectivity index (χ3v) is 6.72. The van der Waals surface area contributed by atoms with Crippen molar-refractivity contribution in [3.05, 3.63) is 68.1 Å². The Hall–Kier alpha value is -2.20. The Morgan fingerprint density at radius 3 is 1.21 bits per heavy atom. The van der Waals surface area contributed by atoms with E-state index in [1.54, 1.807) is 41.5 Å². The predicted octanol–water partition coefficient (Wildman–Crippen LogP) is 9.48. The molecule has 0 fully saturated rings. The highest BCUT2D eigenvalue weighted by atomic mass is 17.1. The monoisotopic (exact) mass is 586 g/mol. The molecule has 0 spiro atoms. The minimum atomic E-state index is -0.689. The third kappa shape index (κ3) is 10.2. The Morgan fingerprint density at radius 1 is 0.619 bits per heavy atom. The van der Waals surface area contributed by atoms with Crippen LogP contribution in [0.4, 0.5) is 0 Å². The van der Waals surface area contributed by atoms with Crippen LogP contribution in [-0.4, -0.2) is 22.0 Å². The first-order valence-corrected chi connectivity index (χ1v) is 14.9. The van der Waals surface area contributed by atoms with Gasteiger partial charge in [0.2, 0.25) is 0 Å². The van der Waals surface area contributed by atoms with Gasteiger partial charge in [0.1, 0.15) is 0 Å². The SMILES string of the molecule is CCCC(c1cc(C(C)(C)C)c(ON([O-])OC(C)(C)C)cc1C)c1cc(C(C)(C)C)c(ON([O-])OC(C)(C)C)cc1C. The Morgan fingerprint density at radius 2 is 0.952 bits per heavy atom. The zero-order valence-electron chi connectivity index (χ0n) is 28.6. The topological polar surface area (TPSA) is 89.5 Å². The average Bonchev–Trinajstić information content (AvgIpc) is 2.74. The molecule has 0 atom stereocenters. The molecule has 0 radical (unpaired) electrons. The number of aryl methyl sites for hydroxylation is 2. The fraction of sp³-hybridized carbons (Fsp3) is 0.647. The second-order valence-electron chi connectivity index (χ2n) is 15.3. The van der Waals surface area contributed by atoms with Crippen LogP contribution in [0.3, 0.4) is 0 Å². The van der Waals surface area contributed by atoms with Crippen LogP contribution in [0.5, 0.6) is 11.5 Å². The molecule has 0 unspecified atom stereocenters. The molecule has 2 rings (SSSR count). The molecular weight excluding hydrogens is 532 g/mol. The van der Waals surface area contributed by atoms with Gasteiger partial charge in [0.05, 0.1) is 11.2 Å². The molecule has 2 aromatic carbocycles. The van der Waals surface area contributed by atoms with Crippen LogP contribution < -0.4 is 9.68 Å². The van der Waals surface area contributed by atoms with E-state index in [4.69, 9.17) is 19.4 Å². The van der Waals surface area contributed by atoms with E-state index < -0.39 is 11.2 Å². The molecule has 0 amide bonds. The Kier molecular flexibility index (Phi) is 11.3. The lowest BCUT2D eigenvalue weighted by Gasteiger charge is -2.36. The molecule has 42 heavy (non-hydrogen) atoms. The maximum atomic E-state index is 12.5. The van der Waals surface area contributed by atoms with Gasteiger partial charge in [-0.2, -0.15) is 0 Å². The van der Waals surface area contributed by atoms with Gasteiger partial charge in [-0.15, -0.1) is 0 Å². The van der Waals surface area contributed by atoms with Gasteiger partial charge in [-0.3, -0.25) is 9.68 Å². The van der Waals surface area contributed by atoms with Gasteiger partial charge in [-0.05, 0) is 107 Å². The summed E-state index contributed by atoms with van der Waals surface area (Å²) < 4.78 is 0. The summed E-state index contributed by atoms with van der Waals surface area (Å²) in [6, 6.07) is 8.22. The molecule has 0 aliphatic heterocycles. The van der Waals surface area contributed by atoms with Crippen molar-refractivity contribution in [2.24, 2.45) is 0 Å². The second kappa shape index (κ2) is 13.2. The van der Waals surface area contributed by atoms with Gasteiger partial charge in [0.15, 0.2) is 11.5 Å². The predicted molar refractivity (Wildman–Crippen MR) is 170 cm³/mol. The fourth-order valence-electron chi connectivity index (χ4n) is 4.88. The number of benzene rings is 2. The van der Waals surface area contributed by atoms with Gasteiger partial charge in [0.25, 0.3) is 0 Å². The van der Waals surface area contributed by atoms with Gasteiger partial charge in [0, 0.05) is 17.0 Å². The summed E-state index contributed by atoms with van der Waals surface area (Å²) in [4.78, 5) is 22.1. The van der Waals surface area contributed by atoms with Crippen LogP contribution in [0.25, 0.3) is 0 Å². The van der Waals surface area contributed by atoms with E-state index in [-0.39, 0.29) is 27.5 Å². The molecule has 8 heteroatoms. The van der Waals surface area contributed by atoms with E-state index in [1.165, 1.54) is 11.1 Å². The summed E-state index contributed by atoms with van der Waals surface area (Å²) >= 11 is 0. The number of hydrogen-bond donors (Lipinski definition) is 0. The highest BCUT2D eigenvalue weighted by Crippen LogP contribution is 2.43. The molecule has 238 valence electrons. The van der Waals surface area contributed by atoms with Crippen LogP contribution in [0.2, 0.25) is 0 Å². The van der Waals surface area contributed by atoms with Crippen molar-refractivity contribution in [1.82, 2.24) is 10.8 Å². The first-order chi connectivity index (χ1) is 18.9. The summed E-state index contributed by atoms with van der Waals surface area (Å²) in [5.41, 5.74) is 4.22. The standard InChI is InChI=1S/C34H54N2O6/c1-16-17-24(25-20-27(31(4,5)6)29(18-22(25)2)39-35(37)41-33(10,11)12)26-21-28(32(7,8)9)30(19-23(26)3)40-36(38)42-34(13,14)15/h18-21,24H,16-17H2,1-15H3/q-2. The second-order valence-corrected chi connectivity index (χ2v) is 15.3. The maximum Gasteiger partial charge on any atom is 0.153 e. The van der Waals surface area contributed by atoms with Crippen LogP contribution in [-0.2, 0) is 20.5 Å². The molecule has 0 saturated carbocycles. The van der Waals surface area contributed by atoms with Gasteiger partial charge in [-0.25, -0.2) is 0 Å². The minimum Gasteiger partial charge on any atom is -0.728 e. The third-order valence-electron chi connectivity index (χ3n) is 6.72. The Labute approximate surface area is 254 Å². The van der Waals surface area contributed by atoms with Gasteiger partial charge in [-0.1, -0.05) is 77.8 Å². The number of hydrogen-bond acceptors (Lipinski definition) is 8. The van der Waals surface area contributed by atoms with E-state index in [0.29, 0.717) is 11.5 Å². The number of rotatable bonds is 10. The molecule has 0 aromatic heterocycles. The van der Waals surface area contributed by atoms with Crippen molar-refractivity contribution in [3.8, 4) is 11.5 Å². The first kappa shape index (κ1) is 36.0. The minimum absolute atomic E-state index is 0.0728. The molecule has 0 N–H and O–H groups in total. The van der Waals surface area contributed by atoms with E-state index in [2.05, 4.69) is 60.6 Å². The molecule has 8 nitrogen and oxygen atoms in total. The Bertz CT molecular complexity index is 1110. The molecule has 0 aliphatic rings. The van der Waals surface area contributed by atoms with Crippen LogP contribution in [0, 0.1) is 24.3 Å². The normalized spacial score (nSPS) is 13.4. The van der Waals surface area contributed by atoms with Crippen LogP contribution in [0.15, 0.2) is 24.3 Å². The van der Waals surface area contributed by atoms with Crippen molar-refractivity contribution in [3.63, 3.8) is 0 Å². The molecular formula is C34H54N2O6-2. The summed E-state index contributed by atoms with van der Waals surface area (Å²) in [6.07, 6.45) is 1.88. The lowest BCUT2D eigenvalue weighted by atomic mass is 9.76. The van der Waals surface area contributed by atoms with Gasteiger partial charge < -0.3 is 20.1 Å². The summed E-state index contributed by atoms with van der Waals surface area (Å²) in [6.45, 7) is 29.7. The zero-order chi connectivity index (χ0) is 32.4. The largest absolute Gasteiger partial charge is 0.728 e. The molecule has 0 aliphatic carbocycles. The van der Waals surface area contributed by atoms with E-state index in [0.717, 1.165) is 35.1 Å².